The Kier molecular flexibility index (Phi) is 3.80. The van der Waals surface area contributed by atoms with E-state index in [9.17, 15) is 0 Å². The third kappa shape index (κ3) is 2.73. The molecule has 0 radical (unpaired) electrons. The van der Waals surface area contributed by atoms with Crippen LogP contribution < -0.4 is 4.74 Å². The van der Waals surface area contributed by atoms with Crippen molar-refractivity contribution in [1.29, 1.82) is 0 Å². The fraction of sp³-hybridized carbons (Fsp3) is 0.333. The highest BCUT2D eigenvalue weighted by Gasteiger charge is 2.28. The van der Waals surface area contributed by atoms with Gasteiger partial charge in [-0.05, 0) is 54.2 Å². The molecule has 1 aromatic heterocycles. The van der Waals surface area contributed by atoms with Crippen molar-refractivity contribution < 1.29 is 9.15 Å². The van der Waals surface area contributed by atoms with Crippen molar-refractivity contribution in [3.05, 3.63) is 50.8 Å². The predicted octanol–water partition coefficient (Wildman–Crippen LogP) is 4.57. The Balaban J connectivity index is 1.88. The van der Waals surface area contributed by atoms with Crippen LogP contribution in [0.4, 0.5) is 0 Å². The van der Waals surface area contributed by atoms with Crippen molar-refractivity contribution in [1.82, 2.24) is 4.90 Å². The number of hydrogen-bond donors (Lipinski definition) is 0. The van der Waals surface area contributed by atoms with Gasteiger partial charge in [-0.1, -0.05) is 11.6 Å². The van der Waals surface area contributed by atoms with Crippen LogP contribution in [0.2, 0.25) is 5.02 Å². The molecule has 3 rings (SSSR count). The second kappa shape index (κ2) is 5.43. The molecular formula is C15H15BrClNO2. The van der Waals surface area contributed by atoms with Gasteiger partial charge in [-0.15, -0.1) is 0 Å². The Labute approximate surface area is 131 Å². The van der Waals surface area contributed by atoms with E-state index in [0.29, 0.717) is 5.02 Å². The maximum absolute atomic E-state index is 6.11. The van der Waals surface area contributed by atoms with E-state index in [4.69, 9.17) is 20.8 Å². The number of halogens is 2. The number of ether oxygens (including phenoxy) is 1. The van der Waals surface area contributed by atoms with E-state index in [2.05, 4.69) is 33.9 Å². The molecule has 0 spiro atoms. The highest BCUT2D eigenvalue weighted by molar-refractivity contribution is 9.10. The van der Waals surface area contributed by atoms with Gasteiger partial charge < -0.3 is 9.15 Å². The van der Waals surface area contributed by atoms with Crippen molar-refractivity contribution in [3.8, 4) is 5.75 Å². The van der Waals surface area contributed by atoms with Crippen LogP contribution in [0.5, 0.6) is 5.75 Å². The van der Waals surface area contributed by atoms with E-state index in [0.717, 1.165) is 40.4 Å². The van der Waals surface area contributed by atoms with Crippen LogP contribution >= 0.6 is 27.5 Å². The Hall–Kier alpha value is -0.970. The smallest absolute Gasteiger partial charge is 0.140 e. The summed E-state index contributed by atoms with van der Waals surface area (Å²) in [7, 11) is 2.06. The SMILES string of the molecule is Cc1cc2c(o1)CN(C)CC2Oc1ccc(Br)c(Cl)c1. The molecule has 0 bridgehead atoms. The molecule has 1 aliphatic rings. The zero-order chi connectivity index (χ0) is 14.3. The van der Waals surface area contributed by atoms with Crippen LogP contribution in [0.1, 0.15) is 23.2 Å². The van der Waals surface area contributed by atoms with Gasteiger partial charge in [0.25, 0.3) is 0 Å². The summed E-state index contributed by atoms with van der Waals surface area (Å²) in [5.74, 6) is 2.68. The number of furan rings is 1. The zero-order valence-electron chi connectivity index (χ0n) is 11.3. The van der Waals surface area contributed by atoms with Crippen LogP contribution in [0.3, 0.4) is 0 Å². The van der Waals surface area contributed by atoms with Crippen LogP contribution in [0, 0.1) is 6.92 Å². The van der Waals surface area contributed by atoms with Crippen molar-refractivity contribution in [2.75, 3.05) is 13.6 Å². The van der Waals surface area contributed by atoms with E-state index in [-0.39, 0.29) is 6.10 Å². The van der Waals surface area contributed by atoms with E-state index >= 15 is 0 Å². The number of aryl methyl sites for hydroxylation is 1. The highest BCUT2D eigenvalue weighted by atomic mass is 79.9. The molecule has 0 saturated heterocycles. The summed E-state index contributed by atoms with van der Waals surface area (Å²) < 4.78 is 12.7. The van der Waals surface area contributed by atoms with E-state index in [1.807, 2.05) is 25.1 Å². The maximum atomic E-state index is 6.11. The molecular weight excluding hydrogens is 342 g/mol. The Morgan fingerprint density at radius 2 is 2.20 bits per heavy atom. The summed E-state index contributed by atoms with van der Waals surface area (Å²) in [6, 6.07) is 7.70. The zero-order valence-corrected chi connectivity index (χ0v) is 13.7. The first-order valence-corrected chi connectivity index (χ1v) is 7.59. The molecule has 1 unspecified atom stereocenters. The first-order chi connectivity index (χ1) is 9.52. The standard InChI is InChI=1S/C15H15BrClNO2/c1-9-5-11-14(19-9)7-18(2)8-15(11)20-10-3-4-12(16)13(17)6-10/h3-6,15H,7-8H2,1-2H3. The molecule has 0 saturated carbocycles. The van der Waals surface area contributed by atoms with Crippen molar-refractivity contribution >= 4 is 27.5 Å². The molecule has 2 aromatic rings. The monoisotopic (exact) mass is 355 g/mol. The van der Waals surface area contributed by atoms with Crippen LogP contribution in [-0.4, -0.2) is 18.5 Å². The second-order valence-corrected chi connectivity index (χ2v) is 6.38. The van der Waals surface area contributed by atoms with Crippen LogP contribution in [0.15, 0.2) is 33.2 Å². The van der Waals surface area contributed by atoms with Crippen LogP contribution in [0.25, 0.3) is 0 Å². The summed E-state index contributed by atoms with van der Waals surface area (Å²) in [6.45, 7) is 3.62. The van der Waals surface area contributed by atoms with Gasteiger partial charge in [-0.25, -0.2) is 0 Å². The first-order valence-electron chi connectivity index (χ1n) is 6.42. The molecule has 2 heterocycles. The van der Waals surface area contributed by atoms with Crippen molar-refractivity contribution in [2.24, 2.45) is 0 Å². The van der Waals surface area contributed by atoms with Gasteiger partial charge in [-0.2, -0.15) is 0 Å². The molecule has 0 aliphatic carbocycles. The number of hydrogen-bond acceptors (Lipinski definition) is 3. The van der Waals surface area contributed by atoms with Gasteiger partial charge in [0.1, 0.15) is 23.4 Å². The lowest BCUT2D eigenvalue weighted by Gasteiger charge is -2.29. The minimum Gasteiger partial charge on any atom is -0.484 e. The van der Waals surface area contributed by atoms with Gasteiger partial charge in [0.05, 0.1) is 11.6 Å². The quantitative estimate of drug-likeness (QED) is 0.788. The summed E-state index contributed by atoms with van der Waals surface area (Å²) in [4.78, 5) is 2.19. The average Bonchev–Trinajstić information content (AvgIpc) is 2.74. The van der Waals surface area contributed by atoms with Crippen LogP contribution in [-0.2, 0) is 6.54 Å². The van der Waals surface area contributed by atoms with Gasteiger partial charge in [-0.3, -0.25) is 4.90 Å². The lowest BCUT2D eigenvalue weighted by atomic mass is 10.1. The second-order valence-electron chi connectivity index (χ2n) is 5.11. The Bertz CT molecular complexity index is 641. The largest absolute Gasteiger partial charge is 0.484 e. The topological polar surface area (TPSA) is 25.6 Å². The molecule has 1 aliphatic heterocycles. The lowest BCUT2D eigenvalue weighted by Crippen LogP contribution is -2.32. The number of benzene rings is 1. The summed E-state index contributed by atoms with van der Waals surface area (Å²) in [5, 5.41) is 0.648. The molecule has 0 fully saturated rings. The summed E-state index contributed by atoms with van der Waals surface area (Å²) >= 11 is 9.49. The Morgan fingerprint density at radius 3 is 2.95 bits per heavy atom. The summed E-state index contributed by atoms with van der Waals surface area (Å²) in [5.41, 5.74) is 1.14. The number of rotatable bonds is 2. The minimum absolute atomic E-state index is 0.0292. The minimum atomic E-state index is -0.0292. The Morgan fingerprint density at radius 1 is 1.40 bits per heavy atom. The molecule has 3 nitrogen and oxygen atoms in total. The molecule has 5 heteroatoms. The van der Waals surface area contributed by atoms with Gasteiger partial charge in [0.15, 0.2) is 0 Å². The normalized spacial score (nSPS) is 18.9. The van der Waals surface area contributed by atoms with Crippen molar-refractivity contribution in [3.63, 3.8) is 0 Å². The molecule has 0 amide bonds. The molecule has 106 valence electrons. The fourth-order valence-corrected chi connectivity index (χ4v) is 2.90. The molecule has 1 atom stereocenters. The number of nitrogens with zero attached hydrogens (tertiary/aromatic N) is 1. The third-order valence-corrected chi connectivity index (χ3v) is 4.60. The molecule has 1 aromatic carbocycles. The number of fused-ring (bicyclic) bond motifs is 1. The lowest BCUT2D eigenvalue weighted by molar-refractivity contribution is 0.119. The van der Waals surface area contributed by atoms with Gasteiger partial charge >= 0.3 is 0 Å². The molecule has 20 heavy (non-hydrogen) atoms. The first kappa shape index (κ1) is 14.0. The van der Waals surface area contributed by atoms with Crippen molar-refractivity contribution in [2.45, 2.75) is 19.6 Å². The van der Waals surface area contributed by atoms with E-state index in [1.165, 1.54) is 0 Å². The highest BCUT2D eigenvalue weighted by Crippen LogP contribution is 2.34. The molecule has 0 N–H and O–H groups in total. The number of likely N-dealkylation sites (N-methyl/N-ethyl adjacent to an activating group) is 1. The fourth-order valence-electron chi connectivity index (χ4n) is 2.48. The average molecular weight is 357 g/mol. The maximum Gasteiger partial charge on any atom is 0.140 e. The van der Waals surface area contributed by atoms with Gasteiger partial charge in [0, 0.05) is 16.6 Å². The van der Waals surface area contributed by atoms with E-state index in [1.54, 1.807) is 0 Å². The van der Waals surface area contributed by atoms with Gasteiger partial charge in [0.2, 0.25) is 0 Å². The van der Waals surface area contributed by atoms with E-state index < -0.39 is 0 Å². The third-order valence-electron chi connectivity index (χ3n) is 3.37. The predicted molar refractivity (Wildman–Crippen MR) is 82.3 cm³/mol. The summed E-state index contributed by atoms with van der Waals surface area (Å²) in [6.07, 6.45) is -0.0292.